The smallest absolute Gasteiger partial charge is 0.269 e. The summed E-state index contributed by atoms with van der Waals surface area (Å²) >= 11 is 0. The summed E-state index contributed by atoms with van der Waals surface area (Å²) < 4.78 is 0. The van der Waals surface area contributed by atoms with Crippen LogP contribution in [-0.2, 0) is 4.79 Å². The molecule has 5 rings (SSSR count). The lowest BCUT2D eigenvalue weighted by molar-refractivity contribution is -0.385. The number of hydrogen-bond donors (Lipinski definition) is 0. The van der Waals surface area contributed by atoms with Crippen LogP contribution in [0, 0.1) is 20.9 Å². The van der Waals surface area contributed by atoms with Crippen LogP contribution in [0.1, 0.15) is 38.4 Å². The first-order chi connectivity index (χ1) is 11.4. The zero-order valence-electron chi connectivity index (χ0n) is 14.2. The van der Waals surface area contributed by atoms with Gasteiger partial charge in [0.15, 0.2) is 0 Å². The molecule has 4 aliphatic heterocycles. The Morgan fingerprint density at radius 2 is 1.92 bits per heavy atom. The molecule has 0 radical (unpaired) electrons. The Bertz CT molecular complexity index is 701. The summed E-state index contributed by atoms with van der Waals surface area (Å²) in [5, 5.41) is 11.1. The van der Waals surface area contributed by atoms with Crippen LogP contribution in [0.5, 0.6) is 0 Å². The molecule has 2 atom stereocenters. The monoisotopic (exact) mass is 329 g/mol. The summed E-state index contributed by atoms with van der Waals surface area (Å²) in [6, 6.07) is 6.95. The third-order valence-corrected chi connectivity index (χ3v) is 5.94. The highest BCUT2D eigenvalue weighted by atomic mass is 16.6. The number of non-ortho nitro benzene ring substituents is 1. The van der Waals surface area contributed by atoms with Crippen molar-refractivity contribution in [3.05, 3.63) is 39.9 Å². The molecular formula is C18H23N3O3. The lowest BCUT2D eigenvalue weighted by atomic mass is 9.59. The highest BCUT2D eigenvalue weighted by Gasteiger charge is 2.63. The molecular weight excluding hydrogens is 306 g/mol. The number of hydrogen-bond acceptors (Lipinski definition) is 5. The number of nitrogens with zero attached hydrogens (tertiary/aromatic N) is 3. The Labute approximate surface area is 141 Å². The third-order valence-electron chi connectivity index (χ3n) is 5.94. The number of ketones is 1. The molecule has 128 valence electrons. The van der Waals surface area contributed by atoms with Crippen LogP contribution in [0.4, 0.5) is 5.69 Å². The molecule has 2 unspecified atom stereocenters. The van der Waals surface area contributed by atoms with Gasteiger partial charge in [0.05, 0.1) is 21.9 Å². The molecule has 4 bridgehead atoms. The molecule has 0 aliphatic carbocycles. The van der Waals surface area contributed by atoms with E-state index in [0.717, 1.165) is 44.6 Å². The summed E-state index contributed by atoms with van der Waals surface area (Å²) in [5.74, 6) is 0.432. The lowest BCUT2D eigenvalue weighted by Crippen LogP contribution is -2.76. The zero-order chi connectivity index (χ0) is 17.1. The van der Waals surface area contributed by atoms with Crippen molar-refractivity contribution in [2.24, 2.45) is 10.8 Å². The summed E-state index contributed by atoms with van der Waals surface area (Å²) in [4.78, 5) is 28.5. The summed E-state index contributed by atoms with van der Waals surface area (Å²) in [5.41, 5.74) is 0.542. The number of rotatable bonds is 4. The predicted octanol–water partition coefficient (Wildman–Crippen LogP) is 2.60. The Morgan fingerprint density at radius 1 is 1.25 bits per heavy atom. The van der Waals surface area contributed by atoms with Crippen LogP contribution in [0.3, 0.4) is 0 Å². The molecule has 1 aromatic carbocycles. The second-order valence-corrected chi connectivity index (χ2v) is 7.96. The molecule has 4 fully saturated rings. The van der Waals surface area contributed by atoms with E-state index in [2.05, 4.69) is 23.6 Å². The first kappa shape index (κ1) is 15.7. The molecule has 6 heteroatoms. The van der Waals surface area contributed by atoms with Crippen molar-refractivity contribution in [1.82, 2.24) is 9.80 Å². The summed E-state index contributed by atoms with van der Waals surface area (Å²) in [7, 11) is 0. The summed E-state index contributed by atoms with van der Waals surface area (Å²) in [6.07, 6.45) is 1.98. The first-order valence-electron chi connectivity index (χ1n) is 8.66. The normalized spacial score (nSPS) is 40.1. The van der Waals surface area contributed by atoms with Gasteiger partial charge < -0.3 is 0 Å². The highest BCUT2D eigenvalue weighted by molar-refractivity contribution is 5.93. The fourth-order valence-corrected chi connectivity index (χ4v) is 5.36. The highest BCUT2D eigenvalue weighted by Crippen LogP contribution is 2.53. The molecule has 0 amide bonds. The van der Waals surface area contributed by atoms with Gasteiger partial charge in [-0.05, 0) is 12.0 Å². The molecule has 4 aliphatic rings. The minimum absolute atomic E-state index is 0.0519. The van der Waals surface area contributed by atoms with E-state index < -0.39 is 0 Å². The van der Waals surface area contributed by atoms with Gasteiger partial charge in [-0.3, -0.25) is 24.7 Å². The van der Waals surface area contributed by atoms with Gasteiger partial charge >= 0.3 is 0 Å². The second-order valence-electron chi connectivity index (χ2n) is 7.96. The summed E-state index contributed by atoms with van der Waals surface area (Å²) in [6.45, 7) is 7.28. The van der Waals surface area contributed by atoms with E-state index >= 15 is 0 Å². The van der Waals surface area contributed by atoms with Gasteiger partial charge in [0, 0.05) is 38.3 Å². The van der Waals surface area contributed by atoms with Crippen molar-refractivity contribution in [1.29, 1.82) is 0 Å². The van der Waals surface area contributed by atoms with Crippen molar-refractivity contribution in [3.63, 3.8) is 0 Å². The molecule has 0 spiro atoms. The molecule has 1 aromatic rings. The van der Waals surface area contributed by atoms with Crippen LogP contribution >= 0.6 is 0 Å². The van der Waals surface area contributed by atoms with Gasteiger partial charge in [0.25, 0.3) is 5.69 Å². The maximum atomic E-state index is 13.1. The number of carbonyl (C=O) groups is 1. The first-order valence-corrected chi connectivity index (χ1v) is 8.66. The molecule has 0 saturated carbocycles. The van der Waals surface area contributed by atoms with Crippen molar-refractivity contribution in [3.8, 4) is 0 Å². The minimum atomic E-state index is -0.340. The fraction of sp³-hybridized carbons (Fsp3) is 0.611. The minimum Gasteiger partial charge on any atom is -0.298 e. The number of carbonyl (C=O) groups excluding carboxylic acids is 1. The van der Waals surface area contributed by atoms with Gasteiger partial charge in [-0.25, -0.2) is 0 Å². The van der Waals surface area contributed by atoms with Crippen molar-refractivity contribution < 1.29 is 9.72 Å². The number of Topliss-reactive ketones (excluding diaryl/α,β-unsaturated/α-hetero) is 1. The number of nitro groups is 1. The number of benzene rings is 1. The topological polar surface area (TPSA) is 66.7 Å². The maximum absolute atomic E-state index is 13.1. The Hall–Kier alpha value is -1.79. The number of nitro benzene ring substituents is 1. The second kappa shape index (κ2) is 5.10. The Morgan fingerprint density at radius 3 is 2.50 bits per heavy atom. The molecule has 4 heterocycles. The van der Waals surface area contributed by atoms with Crippen LogP contribution in [0.25, 0.3) is 0 Å². The van der Waals surface area contributed by atoms with Crippen molar-refractivity contribution in [2.75, 3.05) is 26.2 Å². The van der Waals surface area contributed by atoms with E-state index in [1.807, 2.05) is 6.07 Å². The van der Waals surface area contributed by atoms with Gasteiger partial charge in [-0.1, -0.05) is 32.4 Å². The Balaban J connectivity index is 1.72. The average molecular weight is 329 g/mol. The van der Waals surface area contributed by atoms with E-state index in [0.29, 0.717) is 5.78 Å². The fourth-order valence-electron chi connectivity index (χ4n) is 5.36. The largest absolute Gasteiger partial charge is 0.298 e. The van der Waals surface area contributed by atoms with Gasteiger partial charge in [0.2, 0.25) is 0 Å². The van der Waals surface area contributed by atoms with E-state index in [-0.39, 0.29) is 27.6 Å². The van der Waals surface area contributed by atoms with Crippen LogP contribution in [0.2, 0.25) is 0 Å². The standard InChI is InChI=1S/C18H23N3O3/c1-3-7-18-11-19-9-17(2,16(18)22)10-20(12-18)15(19)13-5-4-6-14(8-13)21(23)24/h4-6,8,15H,3,7,9-12H2,1-2H3. The molecule has 4 saturated heterocycles. The Kier molecular flexibility index (Phi) is 3.34. The van der Waals surface area contributed by atoms with E-state index in [1.165, 1.54) is 6.07 Å². The van der Waals surface area contributed by atoms with E-state index in [9.17, 15) is 14.9 Å². The van der Waals surface area contributed by atoms with Gasteiger partial charge in [-0.2, -0.15) is 0 Å². The van der Waals surface area contributed by atoms with Gasteiger partial charge in [0.1, 0.15) is 5.78 Å². The molecule has 6 nitrogen and oxygen atoms in total. The molecule has 0 N–H and O–H groups in total. The third kappa shape index (κ3) is 2.06. The van der Waals surface area contributed by atoms with Gasteiger partial charge in [-0.15, -0.1) is 0 Å². The van der Waals surface area contributed by atoms with Crippen molar-refractivity contribution >= 4 is 11.5 Å². The quantitative estimate of drug-likeness (QED) is 0.627. The van der Waals surface area contributed by atoms with Crippen LogP contribution in [-0.4, -0.2) is 46.7 Å². The maximum Gasteiger partial charge on any atom is 0.269 e. The van der Waals surface area contributed by atoms with Crippen LogP contribution < -0.4 is 0 Å². The SMILES string of the molecule is CCCC12CN3CC(C)(CN(C1)C3c1cccc([N+](=O)[O-])c1)C2=O. The number of piperidine rings is 2. The zero-order valence-corrected chi connectivity index (χ0v) is 14.2. The molecule has 0 aromatic heterocycles. The lowest BCUT2D eigenvalue weighted by Gasteiger charge is -2.65. The molecule has 24 heavy (non-hydrogen) atoms. The average Bonchev–Trinajstić information content (AvgIpc) is 2.52. The van der Waals surface area contributed by atoms with E-state index in [4.69, 9.17) is 0 Å². The van der Waals surface area contributed by atoms with E-state index in [1.54, 1.807) is 12.1 Å². The predicted molar refractivity (Wildman–Crippen MR) is 89.4 cm³/mol. The van der Waals surface area contributed by atoms with Crippen LogP contribution in [0.15, 0.2) is 24.3 Å². The van der Waals surface area contributed by atoms with Crippen molar-refractivity contribution in [2.45, 2.75) is 32.9 Å².